The molecule has 0 aliphatic carbocycles. The highest BCUT2D eigenvalue weighted by molar-refractivity contribution is 5.89. The Labute approximate surface area is 80.4 Å². The summed E-state index contributed by atoms with van der Waals surface area (Å²) in [6, 6.07) is 5.24. The lowest BCUT2D eigenvalue weighted by Crippen LogP contribution is -2.09. The summed E-state index contributed by atoms with van der Waals surface area (Å²) in [7, 11) is 0. The van der Waals surface area contributed by atoms with Gasteiger partial charge in [-0.1, -0.05) is 0 Å². The smallest absolute Gasteiger partial charge is 0.338 e. The van der Waals surface area contributed by atoms with Crippen LogP contribution >= 0.6 is 0 Å². The Morgan fingerprint density at radius 2 is 2.14 bits per heavy atom. The standard InChI is InChI=1S/C10H9FO3/c11-8-3-1-7(2-4-8)10(12)14-6-9-5-13-9/h1-4,9H,5-6H2. The Hall–Kier alpha value is -1.42. The molecule has 0 N–H and O–H groups in total. The van der Waals surface area contributed by atoms with Gasteiger partial charge in [0.25, 0.3) is 0 Å². The van der Waals surface area contributed by atoms with Crippen LogP contribution in [-0.4, -0.2) is 25.3 Å². The molecule has 3 nitrogen and oxygen atoms in total. The zero-order chi connectivity index (χ0) is 9.97. The van der Waals surface area contributed by atoms with Crippen LogP contribution in [0.5, 0.6) is 0 Å². The van der Waals surface area contributed by atoms with Crippen molar-refractivity contribution >= 4 is 5.97 Å². The van der Waals surface area contributed by atoms with Crippen LogP contribution in [0.4, 0.5) is 4.39 Å². The summed E-state index contributed by atoms with van der Waals surface area (Å²) < 4.78 is 22.3. The van der Waals surface area contributed by atoms with Gasteiger partial charge in [-0.25, -0.2) is 9.18 Å². The van der Waals surface area contributed by atoms with Crippen LogP contribution in [0.25, 0.3) is 0 Å². The SMILES string of the molecule is O=C(OCC1CO1)c1ccc(F)cc1. The van der Waals surface area contributed by atoms with Crippen LogP contribution in [0, 0.1) is 5.82 Å². The third-order valence-electron chi connectivity index (χ3n) is 1.88. The Kier molecular flexibility index (Phi) is 2.45. The minimum atomic E-state index is -0.444. The van der Waals surface area contributed by atoms with Crippen LogP contribution < -0.4 is 0 Å². The largest absolute Gasteiger partial charge is 0.459 e. The molecule has 0 saturated carbocycles. The molecule has 1 aliphatic heterocycles. The molecule has 2 rings (SSSR count). The number of carbonyl (C=O) groups excluding carboxylic acids is 1. The first-order chi connectivity index (χ1) is 6.75. The van der Waals surface area contributed by atoms with Crippen LogP contribution in [0.15, 0.2) is 24.3 Å². The molecule has 74 valence electrons. The summed E-state index contributed by atoms with van der Waals surface area (Å²) in [6.45, 7) is 0.924. The van der Waals surface area contributed by atoms with E-state index in [1.165, 1.54) is 24.3 Å². The van der Waals surface area contributed by atoms with Crippen molar-refractivity contribution in [2.24, 2.45) is 0 Å². The molecule has 0 spiro atoms. The average Bonchev–Trinajstić information content (AvgIpc) is 2.99. The highest BCUT2D eigenvalue weighted by atomic mass is 19.1. The fraction of sp³-hybridized carbons (Fsp3) is 0.300. The molecule has 4 heteroatoms. The van der Waals surface area contributed by atoms with Crippen molar-refractivity contribution < 1.29 is 18.7 Å². The van der Waals surface area contributed by atoms with Crippen molar-refractivity contribution in [3.05, 3.63) is 35.6 Å². The van der Waals surface area contributed by atoms with E-state index in [1.54, 1.807) is 0 Å². The first kappa shape index (κ1) is 9.15. The molecule has 1 atom stereocenters. The van der Waals surface area contributed by atoms with Gasteiger partial charge in [0.15, 0.2) is 0 Å². The Bertz CT molecular complexity index is 330. The zero-order valence-corrected chi connectivity index (χ0v) is 7.40. The topological polar surface area (TPSA) is 38.8 Å². The molecular weight excluding hydrogens is 187 g/mol. The van der Waals surface area contributed by atoms with E-state index in [-0.39, 0.29) is 18.5 Å². The Balaban J connectivity index is 1.92. The molecule has 0 amide bonds. The molecule has 1 heterocycles. The lowest BCUT2D eigenvalue weighted by atomic mass is 10.2. The van der Waals surface area contributed by atoms with Crippen molar-refractivity contribution in [1.82, 2.24) is 0 Å². The van der Waals surface area contributed by atoms with Gasteiger partial charge in [0.1, 0.15) is 18.5 Å². The summed E-state index contributed by atoms with van der Waals surface area (Å²) in [5, 5.41) is 0. The maximum atomic E-state index is 12.5. The van der Waals surface area contributed by atoms with E-state index < -0.39 is 5.97 Å². The predicted molar refractivity (Wildman–Crippen MR) is 46.4 cm³/mol. The van der Waals surface area contributed by atoms with Crippen molar-refractivity contribution in [1.29, 1.82) is 0 Å². The van der Waals surface area contributed by atoms with Gasteiger partial charge in [-0.2, -0.15) is 0 Å². The van der Waals surface area contributed by atoms with Gasteiger partial charge in [-0.05, 0) is 24.3 Å². The molecule has 0 aromatic heterocycles. The summed E-state index contributed by atoms with van der Waals surface area (Å²) in [4.78, 5) is 11.3. The molecule has 1 unspecified atom stereocenters. The quantitative estimate of drug-likeness (QED) is 0.541. The second-order valence-electron chi connectivity index (χ2n) is 3.06. The van der Waals surface area contributed by atoms with Gasteiger partial charge < -0.3 is 9.47 Å². The lowest BCUT2D eigenvalue weighted by Gasteiger charge is -2.01. The van der Waals surface area contributed by atoms with E-state index in [2.05, 4.69) is 0 Å². The molecule has 1 aromatic carbocycles. The highest BCUT2D eigenvalue weighted by Crippen LogP contribution is 2.10. The number of epoxide rings is 1. The number of carbonyl (C=O) groups is 1. The number of esters is 1. The van der Waals surface area contributed by atoms with Crippen molar-refractivity contribution in [2.75, 3.05) is 13.2 Å². The third-order valence-corrected chi connectivity index (χ3v) is 1.88. The average molecular weight is 196 g/mol. The van der Waals surface area contributed by atoms with Crippen molar-refractivity contribution in [2.45, 2.75) is 6.10 Å². The predicted octanol–water partition coefficient (Wildman–Crippen LogP) is 1.38. The number of benzene rings is 1. The summed E-state index contributed by atoms with van der Waals surface area (Å²) >= 11 is 0. The Morgan fingerprint density at radius 1 is 1.50 bits per heavy atom. The second-order valence-corrected chi connectivity index (χ2v) is 3.06. The number of hydrogen-bond acceptors (Lipinski definition) is 3. The summed E-state index contributed by atoms with van der Waals surface area (Å²) in [5.74, 6) is -0.812. The summed E-state index contributed by atoms with van der Waals surface area (Å²) in [6.07, 6.45) is 0.0550. The second kappa shape index (κ2) is 3.75. The minimum Gasteiger partial charge on any atom is -0.459 e. The first-order valence-electron chi connectivity index (χ1n) is 4.30. The normalized spacial score (nSPS) is 19.1. The van der Waals surface area contributed by atoms with Crippen LogP contribution in [0.2, 0.25) is 0 Å². The Morgan fingerprint density at radius 3 is 2.71 bits per heavy atom. The zero-order valence-electron chi connectivity index (χ0n) is 7.40. The van der Waals surface area contributed by atoms with Gasteiger partial charge >= 0.3 is 5.97 Å². The first-order valence-corrected chi connectivity index (χ1v) is 4.30. The molecule has 0 bridgehead atoms. The molecule has 0 radical (unpaired) electrons. The lowest BCUT2D eigenvalue weighted by molar-refractivity contribution is 0.0476. The van der Waals surface area contributed by atoms with E-state index >= 15 is 0 Å². The molecule has 1 fully saturated rings. The summed E-state index contributed by atoms with van der Waals surface area (Å²) in [5.41, 5.74) is 0.354. The number of hydrogen-bond donors (Lipinski definition) is 0. The van der Waals surface area contributed by atoms with E-state index in [4.69, 9.17) is 9.47 Å². The molecule has 14 heavy (non-hydrogen) atoms. The van der Waals surface area contributed by atoms with E-state index in [0.717, 1.165) is 0 Å². The van der Waals surface area contributed by atoms with E-state index in [1.807, 2.05) is 0 Å². The molecule has 1 aromatic rings. The van der Waals surface area contributed by atoms with E-state index in [9.17, 15) is 9.18 Å². The molecule has 1 saturated heterocycles. The van der Waals surface area contributed by atoms with Crippen LogP contribution in [0.3, 0.4) is 0 Å². The van der Waals surface area contributed by atoms with E-state index in [0.29, 0.717) is 12.2 Å². The van der Waals surface area contributed by atoms with Gasteiger partial charge in [-0.15, -0.1) is 0 Å². The van der Waals surface area contributed by atoms with Crippen molar-refractivity contribution in [3.8, 4) is 0 Å². The maximum Gasteiger partial charge on any atom is 0.338 e. The monoisotopic (exact) mass is 196 g/mol. The van der Waals surface area contributed by atoms with Crippen molar-refractivity contribution in [3.63, 3.8) is 0 Å². The third kappa shape index (κ3) is 2.29. The minimum absolute atomic E-state index is 0.0550. The maximum absolute atomic E-state index is 12.5. The van der Waals surface area contributed by atoms with Gasteiger partial charge in [0.05, 0.1) is 12.2 Å². The highest BCUT2D eigenvalue weighted by Gasteiger charge is 2.24. The fourth-order valence-electron chi connectivity index (χ4n) is 1.00. The van der Waals surface area contributed by atoms with Gasteiger partial charge in [-0.3, -0.25) is 0 Å². The fourth-order valence-corrected chi connectivity index (χ4v) is 1.00. The molecular formula is C10H9FO3. The number of halogens is 1. The van der Waals surface area contributed by atoms with Crippen LogP contribution in [-0.2, 0) is 9.47 Å². The van der Waals surface area contributed by atoms with Gasteiger partial charge in [0, 0.05) is 0 Å². The van der Waals surface area contributed by atoms with Crippen LogP contribution in [0.1, 0.15) is 10.4 Å². The number of rotatable bonds is 3. The molecule has 1 aliphatic rings. The number of ether oxygens (including phenoxy) is 2. The van der Waals surface area contributed by atoms with Gasteiger partial charge in [0.2, 0.25) is 0 Å².